The zero-order valence-electron chi connectivity index (χ0n) is 14.5. The molecule has 1 aromatic carbocycles. The van der Waals surface area contributed by atoms with Gasteiger partial charge in [-0.1, -0.05) is 41.7 Å². The first-order chi connectivity index (χ1) is 13.5. The molecule has 1 fully saturated rings. The van der Waals surface area contributed by atoms with Gasteiger partial charge >= 0.3 is 4.87 Å². The van der Waals surface area contributed by atoms with E-state index >= 15 is 0 Å². The Morgan fingerprint density at radius 3 is 2.64 bits per heavy atom. The first kappa shape index (κ1) is 18.8. The number of hydrogen-bond acceptors (Lipinski definition) is 10. The van der Waals surface area contributed by atoms with Gasteiger partial charge in [0.25, 0.3) is 0 Å². The number of aliphatic hydroxyl groups excluding tert-OH is 3. The van der Waals surface area contributed by atoms with Crippen LogP contribution in [0.4, 0.5) is 5.95 Å². The minimum absolute atomic E-state index is 0.117. The van der Waals surface area contributed by atoms with Crippen molar-refractivity contribution in [2.45, 2.75) is 31.1 Å². The number of thiazole rings is 1. The van der Waals surface area contributed by atoms with E-state index in [0.29, 0.717) is 4.70 Å². The molecule has 0 saturated carbocycles. The van der Waals surface area contributed by atoms with Gasteiger partial charge in [-0.15, -0.1) is 0 Å². The van der Waals surface area contributed by atoms with E-state index in [0.717, 1.165) is 21.5 Å². The lowest BCUT2D eigenvalue weighted by Gasteiger charge is -2.16. The number of aromatic nitrogens is 3. The average molecular weight is 406 g/mol. The molecule has 0 aliphatic carbocycles. The molecule has 3 aromatic rings. The second-order valence-corrected chi connectivity index (χ2v) is 7.24. The lowest BCUT2D eigenvalue weighted by molar-refractivity contribution is -0.0518. The van der Waals surface area contributed by atoms with E-state index in [4.69, 9.17) is 15.2 Å². The van der Waals surface area contributed by atoms with E-state index in [1.807, 2.05) is 30.3 Å². The summed E-state index contributed by atoms with van der Waals surface area (Å²) in [7, 11) is 0. The number of nitrogens with zero attached hydrogens (tertiary/aromatic N) is 3. The number of ether oxygens (including phenoxy) is 2. The van der Waals surface area contributed by atoms with Gasteiger partial charge in [-0.3, -0.25) is 9.36 Å². The van der Waals surface area contributed by atoms with E-state index in [2.05, 4.69) is 9.97 Å². The number of anilines is 1. The Labute approximate surface area is 162 Å². The summed E-state index contributed by atoms with van der Waals surface area (Å²) in [6, 6.07) is 9.40. The minimum atomic E-state index is -1.42. The molecular formula is C17H18N4O6S. The first-order valence-electron chi connectivity index (χ1n) is 8.47. The zero-order valence-corrected chi connectivity index (χ0v) is 15.3. The number of rotatable bonds is 5. The summed E-state index contributed by atoms with van der Waals surface area (Å²) in [5, 5.41) is 29.5. The summed E-state index contributed by atoms with van der Waals surface area (Å²) in [4.78, 5) is 20.3. The van der Waals surface area contributed by atoms with Crippen molar-refractivity contribution in [1.82, 2.24) is 14.5 Å². The highest BCUT2D eigenvalue weighted by molar-refractivity contribution is 7.16. The molecule has 5 N–H and O–H groups in total. The molecule has 4 atom stereocenters. The van der Waals surface area contributed by atoms with Crippen molar-refractivity contribution >= 4 is 27.6 Å². The fourth-order valence-corrected chi connectivity index (χ4v) is 3.94. The van der Waals surface area contributed by atoms with E-state index in [1.165, 1.54) is 0 Å². The minimum Gasteiger partial charge on any atom is -0.472 e. The Hall–Kier alpha value is -2.57. The van der Waals surface area contributed by atoms with Crippen LogP contribution in [0.3, 0.4) is 0 Å². The summed E-state index contributed by atoms with van der Waals surface area (Å²) in [6.45, 7) is -0.291. The number of nitrogen functional groups attached to an aromatic ring is 1. The molecule has 0 amide bonds. The maximum atomic E-state index is 12.6. The van der Waals surface area contributed by atoms with Crippen LogP contribution in [0, 0.1) is 0 Å². The zero-order chi connectivity index (χ0) is 19.8. The van der Waals surface area contributed by atoms with Crippen LogP contribution in [-0.4, -0.2) is 54.8 Å². The smallest absolute Gasteiger partial charge is 0.311 e. The standard InChI is InChI=1S/C17H18N4O6S/c18-16-19-13-12(14(20-16)26-7-8-4-2-1-3-5-8)28-17(25)21(13)15-11(24)10(23)9(6-22)27-15/h1-5,9-11,15,22-24H,6-7H2,(H2,18,19,20)/t9-,10-,11-,15-/m1/s1. The van der Waals surface area contributed by atoms with Crippen LogP contribution < -0.4 is 15.3 Å². The molecule has 11 heteroatoms. The molecule has 1 aliphatic heterocycles. The van der Waals surface area contributed by atoms with Crippen molar-refractivity contribution in [1.29, 1.82) is 0 Å². The topological polar surface area (TPSA) is 153 Å². The lowest BCUT2D eigenvalue weighted by atomic mass is 10.1. The number of hydrogen-bond donors (Lipinski definition) is 4. The Bertz CT molecular complexity index is 1040. The predicted octanol–water partition coefficient (Wildman–Crippen LogP) is -0.374. The lowest BCUT2D eigenvalue weighted by Crippen LogP contribution is -2.34. The molecular weight excluding hydrogens is 388 g/mol. The van der Waals surface area contributed by atoms with Crippen molar-refractivity contribution in [2.75, 3.05) is 12.3 Å². The van der Waals surface area contributed by atoms with Gasteiger partial charge in [-0.2, -0.15) is 9.97 Å². The summed E-state index contributed by atoms with van der Waals surface area (Å²) >= 11 is 0.815. The molecule has 148 valence electrons. The van der Waals surface area contributed by atoms with Gasteiger partial charge in [0.05, 0.1) is 6.61 Å². The molecule has 1 saturated heterocycles. The molecule has 0 radical (unpaired) electrons. The third-order valence-electron chi connectivity index (χ3n) is 4.44. The predicted molar refractivity (Wildman–Crippen MR) is 99.9 cm³/mol. The van der Waals surface area contributed by atoms with Gasteiger partial charge in [0, 0.05) is 0 Å². The average Bonchev–Trinajstić information content (AvgIpc) is 3.16. The molecule has 0 unspecified atom stereocenters. The quantitative estimate of drug-likeness (QED) is 0.444. The van der Waals surface area contributed by atoms with E-state index in [1.54, 1.807) is 0 Å². The Morgan fingerprint density at radius 1 is 1.21 bits per heavy atom. The number of nitrogens with two attached hydrogens (primary N) is 1. The highest BCUT2D eigenvalue weighted by Gasteiger charge is 2.45. The first-order valence-corrected chi connectivity index (χ1v) is 9.29. The van der Waals surface area contributed by atoms with Crippen molar-refractivity contribution in [2.24, 2.45) is 0 Å². The van der Waals surface area contributed by atoms with Crippen molar-refractivity contribution in [3.05, 3.63) is 45.6 Å². The fourth-order valence-electron chi connectivity index (χ4n) is 3.05. The highest BCUT2D eigenvalue weighted by Crippen LogP contribution is 2.34. The van der Waals surface area contributed by atoms with Crippen LogP contribution in [0.5, 0.6) is 5.88 Å². The Kier molecular flexibility index (Phi) is 5.00. The Morgan fingerprint density at radius 2 is 1.96 bits per heavy atom. The van der Waals surface area contributed by atoms with Crippen LogP contribution in [0.2, 0.25) is 0 Å². The van der Waals surface area contributed by atoms with Crippen LogP contribution in [0.15, 0.2) is 35.1 Å². The van der Waals surface area contributed by atoms with Gasteiger partial charge in [-0.25, -0.2) is 0 Å². The normalized spacial score (nSPS) is 24.7. The third-order valence-corrected chi connectivity index (χ3v) is 5.37. The summed E-state index contributed by atoms with van der Waals surface area (Å²) in [5.41, 5.74) is 6.81. The number of fused-ring (bicyclic) bond motifs is 1. The molecule has 28 heavy (non-hydrogen) atoms. The Balaban J connectivity index is 1.73. The number of benzene rings is 1. The van der Waals surface area contributed by atoms with E-state index < -0.39 is 36.0 Å². The maximum Gasteiger partial charge on any atom is 0.311 e. The van der Waals surface area contributed by atoms with Crippen LogP contribution in [-0.2, 0) is 11.3 Å². The molecule has 10 nitrogen and oxygen atoms in total. The van der Waals surface area contributed by atoms with Gasteiger partial charge in [0.15, 0.2) is 11.9 Å². The molecule has 4 rings (SSSR count). The monoisotopic (exact) mass is 406 g/mol. The van der Waals surface area contributed by atoms with Crippen molar-refractivity contribution < 1.29 is 24.8 Å². The summed E-state index contributed by atoms with van der Waals surface area (Å²) < 4.78 is 12.6. The molecule has 3 heterocycles. The third kappa shape index (κ3) is 3.23. The number of aliphatic hydroxyl groups is 3. The largest absolute Gasteiger partial charge is 0.472 e. The van der Waals surface area contributed by atoms with Crippen molar-refractivity contribution in [3.63, 3.8) is 0 Å². The SMILES string of the molecule is Nc1nc(OCc2ccccc2)c2sc(=O)n([C@@H]3O[C@H](CO)[C@@H](O)[C@H]3O)c2n1. The maximum absolute atomic E-state index is 12.6. The van der Waals surface area contributed by atoms with E-state index in [-0.39, 0.29) is 24.1 Å². The van der Waals surface area contributed by atoms with Crippen LogP contribution in [0.1, 0.15) is 11.8 Å². The van der Waals surface area contributed by atoms with Gasteiger partial charge in [0.2, 0.25) is 11.8 Å². The molecule has 2 aromatic heterocycles. The second-order valence-electron chi connectivity index (χ2n) is 6.28. The summed E-state index contributed by atoms with van der Waals surface area (Å²) in [6.07, 6.45) is -5.00. The van der Waals surface area contributed by atoms with Crippen molar-refractivity contribution in [3.8, 4) is 5.88 Å². The van der Waals surface area contributed by atoms with Crippen LogP contribution in [0.25, 0.3) is 10.3 Å². The summed E-state index contributed by atoms with van der Waals surface area (Å²) in [5.74, 6) is 0.0211. The molecule has 1 aliphatic rings. The van der Waals surface area contributed by atoms with Gasteiger partial charge in [-0.05, 0) is 5.56 Å². The van der Waals surface area contributed by atoms with Crippen LogP contribution >= 0.6 is 11.3 Å². The van der Waals surface area contributed by atoms with E-state index in [9.17, 15) is 20.1 Å². The molecule has 0 spiro atoms. The molecule has 0 bridgehead atoms. The van der Waals surface area contributed by atoms with Gasteiger partial charge in [0.1, 0.15) is 29.6 Å². The highest BCUT2D eigenvalue weighted by atomic mass is 32.1. The fraction of sp³-hybridized carbons (Fsp3) is 0.353. The second kappa shape index (κ2) is 7.45. The van der Waals surface area contributed by atoms with Gasteiger partial charge < -0.3 is 30.5 Å².